The number of hydrogen-bond acceptors (Lipinski definition) is 11. The van der Waals surface area contributed by atoms with Gasteiger partial charge >= 0.3 is 89.5 Å². The first-order valence-electron chi connectivity index (χ1n) is 36.4. The Hall–Kier alpha value is -12.1. The Morgan fingerprint density at radius 1 is 0.220 bits per heavy atom. The van der Waals surface area contributed by atoms with E-state index in [2.05, 4.69) is 157 Å². The number of carbonyl (C=O) groups is 1. The Labute approximate surface area is 751 Å². The van der Waals surface area contributed by atoms with Gasteiger partial charge in [-0.05, 0) is 175 Å². The molecule has 0 aliphatic rings. The van der Waals surface area contributed by atoms with Crippen molar-refractivity contribution in [3.8, 4) is 90.0 Å². The summed E-state index contributed by atoms with van der Waals surface area (Å²) in [6, 6.07) is 94.4. The van der Waals surface area contributed by atoms with Gasteiger partial charge in [0.2, 0.25) is 5.69 Å². The molecule has 22 heteroatoms. The van der Waals surface area contributed by atoms with Crippen LogP contribution in [0.3, 0.4) is 0 Å². The molecule has 575 valence electrons. The van der Waals surface area contributed by atoms with Gasteiger partial charge in [0.15, 0.2) is 139 Å². The Balaban J connectivity index is 0.000000153. The SMILES string of the molecule is OO[CH-]c1ccc(-[n+]2ccc(-c3cc[n+](-c4ccc([CH-]OO)cc4)cc3)cc2)cc1.OO[CH-]c1ccc(-[n+]2ccc(-c3cc[n+](-c4ccc([CH-]OO)cc4)cc3)cc2)cc1.[CH2-]c1ccc(-[n+]2ccc(-c3cc[n+](-c4ccc(C(=O)O)cc4)cc3)cc2)cc1.[CH2-]c1ccc(-[n+]2ccc(-c3cc[n+](-c4ccc([CH-]OO)cc4)cc3)cc2)cc1.[Ce+3].[Ce+4]. The first kappa shape index (κ1) is 86.7. The average Bonchev–Trinajstić information content (AvgIpc) is 0.832. The zero-order valence-electron chi connectivity index (χ0n) is 63.5. The van der Waals surface area contributed by atoms with Crippen LogP contribution < -0.4 is 36.5 Å². The summed E-state index contributed by atoms with van der Waals surface area (Å²) in [5, 5.41) is 51.4. The monoisotopic (exact) mass is 1820 g/mol. The molecule has 6 N–H and O–H groups in total. The van der Waals surface area contributed by atoms with E-state index in [1.54, 1.807) is 24.3 Å². The summed E-state index contributed by atoms with van der Waals surface area (Å²) >= 11 is 0. The van der Waals surface area contributed by atoms with E-state index in [1.807, 2.05) is 284 Å². The fourth-order valence-corrected chi connectivity index (χ4v) is 12.4. The fourth-order valence-electron chi connectivity index (χ4n) is 12.4. The normalized spacial score (nSPS) is 10.4. The van der Waals surface area contributed by atoms with Crippen LogP contribution >= 0.6 is 0 Å². The first-order chi connectivity index (χ1) is 56.8. The van der Waals surface area contributed by atoms with Crippen LogP contribution in [0.2, 0.25) is 0 Å². The summed E-state index contributed by atoms with van der Waals surface area (Å²) in [6.45, 7) is 14.2. The Morgan fingerprint density at radius 2 is 0.347 bits per heavy atom. The van der Waals surface area contributed by atoms with Gasteiger partial charge in [-0.1, -0.05) is 0 Å². The summed E-state index contributed by atoms with van der Waals surface area (Å²) < 4.78 is 16.2. The molecule has 16 aromatic rings. The molecule has 0 saturated carbocycles. The van der Waals surface area contributed by atoms with E-state index in [0.29, 0.717) is 0 Å². The predicted octanol–water partition coefficient (Wildman–Crippen LogP) is 15.7. The van der Waals surface area contributed by atoms with Gasteiger partial charge in [0.25, 0.3) is 0 Å². The smallest absolute Gasteiger partial charge is 0.478 e. The van der Waals surface area contributed by atoms with E-state index in [9.17, 15) is 4.79 Å². The molecular weight excluding hydrogens is 1740 g/mol. The minimum Gasteiger partial charge on any atom is -0.478 e. The molecule has 0 bridgehead atoms. The average molecular weight is 1820 g/mol. The second kappa shape index (κ2) is 43.7. The van der Waals surface area contributed by atoms with E-state index in [0.717, 1.165) is 129 Å². The van der Waals surface area contributed by atoms with E-state index in [4.69, 9.17) is 31.4 Å². The fraction of sp³-hybridized carbons (Fsp3) is 0. The molecule has 0 atom stereocenters. The minimum absolute atomic E-state index is 0. The van der Waals surface area contributed by atoms with E-state index in [1.165, 1.54) is 33.0 Å². The van der Waals surface area contributed by atoms with Crippen molar-refractivity contribution >= 4 is 5.97 Å². The molecule has 0 aliphatic heterocycles. The van der Waals surface area contributed by atoms with Crippen molar-refractivity contribution in [3.63, 3.8) is 0 Å². The number of aromatic carboxylic acids is 1. The minimum atomic E-state index is -0.921. The molecule has 8 aromatic carbocycles. The third kappa shape index (κ3) is 23.8. The Bertz CT molecular complexity index is 5400. The number of nitrogens with zero attached hydrogens (tertiary/aromatic N) is 8. The second-order valence-corrected chi connectivity index (χ2v) is 26.2. The summed E-state index contributed by atoms with van der Waals surface area (Å²) in [6.07, 6.45) is 32.3. The zero-order chi connectivity index (χ0) is 80.4. The molecule has 0 spiro atoms. The van der Waals surface area contributed by atoms with Crippen LogP contribution in [-0.2, 0) is 24.4 Å². The number of rotatable bonds is 23. The van der Waals surface area contributed by atoms with Crippen LogP contribution in [0.25, 0.3) is 90.0 Å². The largest absolute Gasteiger partial charge is 4.00 e. The van der Waals surface area contributed by atoms with Gasteiger partial charge in [-0.25, -0.2) is 4.79 Å². The van der Waals surface area contributed by atoms with E-state index >= 15 is 0 Å². The molecule has 16 rings (SSSR count). The van der Waals surface area contributed by atoms with Gasteiger partial charge in [-0.15, -0.1) is 0 Å². The summed E-state index contributed by atoms with van der Waals surface area (Å²) in [7, 11) is 0. The zero-order valence-corrected chi connectivity index (χ0v) is 69.7. The molecule has 118 heavy (non-hydrogen) atoms. The van der Waals surface area contributed by atoms with Crippen LogP contribution in [0, 0.1) is 130 Å². The molecule has 0 aliphatic carbocycles. The van der Waals surface area contributed by atoms with Crippen molar-refractivity contribution < 1.29 is 181 Å². The molecule has 8 heterocycles. The number of pyridine rings is 8. The third-order valence-electron chi connectivity index (χ3n) is 18.7. The molecular formula is C96H79Ce2N8O12+8. The van der Waals surface area contributed by atoms with Gasteiger partial charge in [-0.2, -0.15) is 174 Å². The second-order valence-electron chi connectivity index (χ2n) is 26.2. The van der Waals surface area contributed by atoms with Crippen molar-refractivity contribution in [3.05, 3.63) is 482 Å². The number of hydrogen-bond donors (Lipinski definition) is 6. The third-order valence-corrected chi connectivity index (χ3v) is 18.7. The van der Waals surface area contributed by atoms with Crippen LogP contribution in [0.4, 0.5) is 0 Å². The first-order valence-corrected chi connectivity index (χ1v) is 36.4. The summed E-state index contributed by atoms with van der Waals surface area (Å²) in [5.41, 5.74) is 23.4. The van der Waals surface area contributed by atoms with E-state index < -0.39 is 5.97 Å². The number of carboxylic acids is 1. The quantitative estimate of drug-likeness (QED) is 0.0153. The van der Waals surface area contributed by atoms with Gasteiger partial charge in [0.05, 0.1) is 5.56 Å². The predicted molar refractivity (Wildman–Crippen MR) is 431 cm³/mol. The van der Waals surface area contributed by atoms with Crippen LogP contribution in [-0.4, -0.2) is 37.4 Å². The molecule has 0 fully saturated rings. The van der Waals surface area contributed by atoms with Gasteiger partial charge < -0.3 is 5.11 Å². The Kier molecular flexibility index (Phi) is 32.1. The molecule has 0 saturated heterocycles. The molecule has 0 unspecified atom stereocenters. The maximum absolute atomic E-state index is 11.0. The molecule has 1 radical (unpaired) electrons. The molecule has 8 aromatic heterocycles. The van der Waals surface area contributed by atoms with Gasteiger partial charge in [-0.3, -0.25) is 50.7 Å². The maximum Gasteiger partial charge on any atom is 4.00 e. The summed E-state index contributed by atoms with van der Waals surface area (Å²) in [5.74, 6) is -0.921. The maximum atomic E-state index is 11.0. The van der Waals surface area contributed by atoms with Crippen molar-refractivity contribution in [1.82, 2.24) is 0 Å². The summed E-state index contributed by atoms with van der Waals surface area (Å²) in [4.78, 5) is 31.2. The Morgan fingerprint density at radius 3 is 0.475 bits per heavy atom. The number of benzene rings is 8. The van der Waals surface area contributed by atoms with Crippen LogP contribution in [0.15, 0.2) is 390 Å². The molecule has 0 amide bonds. The van der Waals surface area contributed by atoms with Crippen molar-refractivity contribution in [2.75, 3.05) is 0 Å². The van der Waals surface area contributed by atoms with Crippen molar-refractivity contribution in [2.45, 2.75) is 0 Å². The topological polar surface area (TPSA) is 216 Å². The van der Waals surface area contributed by atoms with Crippen molar-refractivity contribution in [2.24, 2.45) is 0 Å². The van der Waals surface area contributed by atoms with Gasteiger partial charge in [0, 0.05) is 109 Å². The van der Waals surface area contributed by atoms with Crippen molar-refractivity contribution in [1.29, 1.82) is 0 Å². The number of aromatic nitrogens is 8. The van der Waals surface area contributed by atoms with Gasteiger partial charge in [0.1, 0.15) is 0 Å². The van der Waals surface area contributed by atoms with E-state index in [-0.39, 0.29) is 89.1 Å². The van der Waals surface area contributed by atoms with Crippen LogP contribution in [0.5, 0.6) is 0 Å². The standard InChI is InChI=1S/2C24H20N2O4.C24H20N2O2.C24H18N2O2.2Ce/c2*27-29-17-19-1-5-23(6-2-19)25-13-9-21(10-14-25)22-11-15-26(16-12-22)24-7-3-20(4-8-24)18-30-28;1-19-2-6-23(7-3-19)25-14-10-21(11-15-25)22-12-16-26(17-13-22)24-8-4-20(5-9-24)18-28-27;1-18-2-6-22(7-3-18)25-14-10-19(11-15-25)20-12-16-26(17-13-20)23-8-4-21(5-9-23)24(27)28;;/h2*1-18,27-28H;2-18,27H,1H2;2-17H,1H2;;/q;;;;+3;+4/p+1. The molecule has 20 nitrogen and oxygen atoms in total. The van der Waals surface area contributed by atoms with Crippen LogP contribution in [0.1, 0.15) is 49.3 Å². The number of carboxylic acid groups (broad SMARTS) is 1.